The molecule has 0 radical (unpaired) electrons. The predicted octanol–water partition coefficient (Wildman–Crippen LogP) is 1.31. The van der Waals surface area contributed by atoms with Crippen LogP contribution in [0.1, 0.15) is 31.7 Å². The number of hydrogen-bond donors (Lipinski definition) is 5. The average molecular weight is 546 g/mol. The number of benzene rings is 1. The van der Waals surface area contributed by atoms with Gasteiger partial charge in [0.2, 0.25) is 0 Å². The van der Waals surface area contributed by atoms with E-state index in [1.54, 1.807) is 26.2 Å². The molecule has 0 aliphatic carbocycles. The molecule has 1 heterocycles. The SMILES string of the molecule is COCCOCCOCCOc1ccc(C2=N[C@@](C)(C(=O)O)CS2)c(O)c1.NCCCC[C@H](N)C(=O)O. The summed E-state index contributed by atoms with van der Waals surface area (Å²) in [6.07, 6.45) is 2.16. The molecular weight excluding hydrogens is 506 g/mol. The largest absolute Gasteiger partial charge is 0.507 e. The number of carboxylic acids is 2. The number of unbranched alkanes of at least 4 members (excludes halogenated alkanes) is 1. The van der Waals surface area contributed by atoms with E-state index in [1.807, 2.05) is 0 Å². The standard InChI is InChI=1S/C18H25NO7S.C6H14N2O2/c1-18(17(21)22)12-27-16(19-18)14-4-3-13(11-15(14)20)26-10-9-25-8-7-24-6-5-23-2;7-4-2-1-3-5(8)6(9)10/h3-4,11,20H,5-10,12H2,1-2H3,(H,21,22);5H,1-4,7-8H2,(H,9,10)/t18-;5-/m10/s1. The maximum Gasteiger partial charge on any atom is 0.332 e. The number of carbonyl (C=O) groups is 2. The molecule has 7 N–H and O–H groups in total. The van der Waals surface area contributed by atoms with Crippen molar-refractivity contribution in [2.24, 2.45) is 16.5 Å². The van der Waals surface area contributed by atoms with Gasteiger partial charge in [0.15, 0.2) is 5.54 Å². The molecule has 0 aromatic heterocycles. The number of carboxylic acid groups (broad SMARTS) is 2. The molecule has 0 fully saturated rings. The van der Waals surface area contributed by atoms with Crippen molar-refractivity contribution >= 4 is 28.7 Å². The molecule has 0 bridgehead atoms. The lowest BCUT2D eigenvalue weighted by Crippen LogP contribution is -2.33. The number of nitrogens with two attached hydrogens (primary N) is 2. The molecule has 0 unspecified atom stereocenters. The third-order valence-electron chi connectivity index (χ3n) is 5.09. The van der Waals surface area contributed by atoms with Crippen molar-refractivity contribution in [1.29, 1.82) is 0 Å². The van der Waals surface area contributed by atoms with E-state index in [1.165, 1.54) is 17.8 Å². The summed E-state index contributed by atoms with van der Waals surface area (Å²) >= 11 is 1.31. The fourth-order valence-corrected chi connectivity index (χ4v) is 4.04. The number of hydrogen-bond acceptors (Lipinski definition) is 11. The third-order valence-corrected chi connectivity index (χ3v) is 6.38. The number of methoxy groups -OCH3 is 1. The molecule has 0 spiro atoms. The minimum absolute atomic E-state index is 0.000787. The van der Waals surface area contributed by atoms with Gasteiger partial charge in [0.05, 0.1) is 33.0 Å². The van der Waals surface area contributed by atoms with Crippen molar-refractivity contribution in [2.75, 3.05) is 59.0 Å². The first kappa shape index (κ1) is 32.6. The zero-order chi connectivity index (χ0) is 27.7. The van der Waals surface area contributed by atoms with Crippen LogP contribution in [0.15, 0.2) is 23.2 Å². The molecule has 13 heteroatoms. The second-order valence-electron chi connectivity index (χ2n) is 8.26. The first-order valence-electron chi connectivity index (χ1n) is 11.9. The predicted molar refractivity (Wildman–Crippen MR) is 141 cm³/mol. The van der Waals surface area contributed by atoms with Crippen LogP contribution in [0.3, 0.4) is 0 Å². The van der Waals surface area contributed by atoms with Crippen molar-refractivity contribution in [1.82, 2.24) is 0 Å². The van der Waals surface area contributed by atoms with Crippen LogP contribution in [0.25, 0.3) is 0 Å². The molecule has 12 nitrogen and oxygen atoms in total. The van der Waals surface area contributed by atoms with Gasteiger partial charge in [-0.05, 0) is 38.4 Å². The topological polar surface area (TPSA) is 196 Å². The first-order chi connectivity index (χ1) is 17.6. The summed E-state index contributed by atoms with van der Waals surface area (Å²) in [6, 6.07) is 4.16. The lowest BCUT2D eigenvalue weighted by Gasteiger charge is -2.12. The smallest absolute Gasteiger partial charge is 0.332 e. The van der Waals surface area contributed by atoms with E-state index < -0.39 is 23.5 Å². The lowest BCUT2D eigenvalue weighted by atomic mass is 10.1. The third kappa shape index (κ3) is 12.6. The number of aromatic hydroxyl groups is 1. The van der Waals surface area contributed by atoms with Crippen molar-refractivity contribution in [3.8, 4) is 11.5 Å². The maximum atomic E-state index is 11.3. The number of thioether (sulfide) groups is 1. The van der Waals surface area contributed by atoms with Gasteiger partial charge in [-0.1, -0.05) is 6.42 Å². The summed E-state index contributed by atoms with van der Waals surface area (Å²) in [7, 11) is 1.62. The molecular formula is C24H39N3O9S. The van der Waals surface area contributed by atoms with Crippen LogP contribution in [-0.4, -0.2) is 103 Å². The summed E-state index contributed by atoms with van der Waals surface area (Å²) < 4.78 is 21.1. The number of phenols is 1. The van der Waals surface area contributed by atoms with Gasteiger partial charge in [-0.25, -0.2) is 4.79 Å². The minimum Gasteiger partial charge on any atom is -0.507 e. The quantitative estimate of drug-likeness (QED) is 0.176. The van der Waals surface area contributed by atoms with Crippen LogP contribution in [0, 0.1) is 0 Å². The number of aliphatic imine (C=N–C) groups is 1. The van der Waals surface area contributed by atoms with Gasteiger partial charge in [0.25, 0.3) is 0 Å². The summed E-state index contributed by atoms with van der Waals surface area (Å²) in [6.45, 7) is 4.96. The molecule has 2 atom stereocenters. The Hall–Kier alpha value is -2.42. The summed E-state index contributed by atoms with van der Waals surface area (Å²) in [5.41, 5.74) is 9.76. The second kappa shape index (κ2) is 17.9. The maximum absolute atomic E-state index is 11.3. The number of rotatable bonds is 17. The average Bonchev–Trinajstić information content (AvgIpc) is 3.26. The van der Waals surface area contributed by atoms with Crippen molar-refractivity contribution in [3.05, 3.63) is 23.8 Å². The Bertz CT molecular complexity index is 872. The normalized spacial score (nSPS) is 17.5. The van der Waals surface area contributed by atoms with Gasteiger partial charge in [-0.2, -0.15) is 0 Å². The van der Waals surface area contributed by atoms with E-state index in [9.17, 15) is 19.8 Å². The highest BCUT2D eigenvalue weighted by atomic mass is 32.2. The van der Waals surface area contributed by atoms with Crippen molar-refractivity contribution < 1.29 is 43.9 Å². The highest BCUT2D eigenvalue weighted by Gasteiger charge is 2.39. The second-order valence-corrected chi connectivity index (χ2v) is 9.22. The van der Waals surface area contributed by atoms with Crippen molar-refractivity contribution in [2.45, 2.75) is 37.8 Å². The number of ether oxygens (including phenoxy) is 4. The van der Waals surface area contributed by atoms with Crippen LogP contribution in [-0.2, 0) is 23.8 Å². The zero-order valence-electron chi connectivity index (χ0n) is 21.4. The van der Waals surface area contributed by atoms with Gasteiger partial charge in [0, 0.05) is 24.5 Å². The molecule has 0 saturated heterocycles. The van der Waals surface area contributed by atoms with Crippen LogP contribution >= 0.6 is 11.8 Å². The number of nitrogens with zero attached hydrogens (tertiary/aromatic N) is 1. The molecule has 2 rings (SSSR count). The highest BCUT2D eigenvalue weighted by Crippen LogP contribution is 2.35. The monoisotopic (exact) mass is 545 g/mol. The van der Waals surface area contributed by atoms with Gasteiger partial charge < -0.3 is 45.7 Å². The van der Waals surface area contributed by atoms with E-state index >= 15 is 0 Å². The molecule has 1 aromatic rings. The Morgan fingerprint density at radius 1 is 1.11 bits per heavy atom. The van der Waals surface area contributed by atoms with Crippen LogP contribution < -0.4 is 16.2 Å². The van der Waals surface area contributed by atoms with E-state index in [4.69, 9.17) is 35.5 Å². The van der Waals surface area contributed by atoms with E-state index in [0.717, 1.165) is 12.8 Å². The first-order valence-corrected chi connectivity index (χ1v) is 12.9. The van der Waals surface area contributed by atoms with Crippen LogP contribution in [0.2, 0.25) is 0 Å². The van der Waals surface area contributed by atoms with Crippen LogP contribution in [0.4, 0.5) is 0 Å². The highest BCUT2D eigenvalue weighted by molar-refractivity contribution is 8.14. The summed E-state index contributed by atoms with van der Waals surface area (Å²) in [5, 5.41) is 28.3. The van der Waals surface area contributed by atoms with Gasteiger partial charge in [-0.3, -0.25) is 9.79 Å². The Morgan fingerprint density at radius 2 is 1.76 bits per heavy atom. The number of phenolic OH excluding ortho intramolecular Hbond substituents is 1. The van der Waals surface area contributed by atoms with E-state index in [2.05, 4.69) is 4.99 Å². The Morgan fingerprint density at radius 3 is 2.30 bits per heavy atom. The lowest BCUT2D eigenvalue weighted by molar-refractivity contribution is -0.141. The zero-order valence-corrected chi connectivity index (χ0v) is 22.2. The molecule has 1 aromatic carbocycles. The Labute approximate surface area is 221 Å². The molecule has 1 aliphatic rings. The molecule has 210 valence electrons. The van der Waals surface area contributed by atoms with Crippen molar-refractivity contribution in [3.63, 3.8) is 0 Å². The van der Waals surface area contributed by atoms with Crippen LogP contribution in [0.5, 0.6) is 11.5 Å². The van der Waals surface area contributed by atoms with Gasteiger partial charge in [0.1, 0.15) is 29.2 Å². The summed E-state index contributed by atoms with van der Waals surface area (Å²) in [5.74, 6) is -1.07. The fourth-order valence-electron chi connectivity index (χ4n) is 2.84. The van der Waals surface area contributed by atoms with Gasteiger partial charge in [-0.15, -0.1) is 11.8 Å². The number of aliphatic carboxylic acids is 2. The van der Waals surface area contributed by atoms with E-state index in [-0.39, 0.29) is 5.75 Å². The molecule has 1 aliphatic heterocycles. The van der Waals surface area contributed by atoms with Gasteiger partial charge >= 0.3 is 11.9 Å². The molecule has 0 amide bonds. The van der Waals surface area contributed by atoms with E-state index in [0.29, 0.717) is 74.7 Å². The Kier molecular flexibility index (Phi) is 15.8. The minimum atomic E-state index is -1.16. The fraction of sp³-hybridized carbons (Fsp3) is 0.625. The molecule has 0 saturated carbocycles. The molecule has 37 heavy (non-hydrogen) atoms. The summed E-state index contributed by atoms with van der Waals surface area (Å²) in [4.78, 5) is 25.6. The Balaban J connectivity index is 0.000000580.